The van der Waals surface area contributed by atoms with Crippen molar-refractivity contribution in [2.45, 2.75) is 18.7 Å². The van der Waals surface area contributed by atoms with E-state index >= 15 is 0 Å². The Bertz CT molecular complexity index is 662. The summed E-state index contributed by atoms with van der Waals surface area (Å²) >= 11 is 5.55. The zero-order chi connectivity index (χ0) is 16.2. The molecule has 0 saturated carbocycles. The Morgan fingerprint density at radius 2 is 2.05 bits per heavy atom. The van der Waals surface area contributed by atoms with Gasteiger partial charge in [-0.25, -0.2) is 17.6 Å². The Labute approximate surface area is 125 Å². The van der Waals surface area contributed by atoms with Gasteiger partial charge in [0.25, 0.3) is 0 Å². The summed E-state index contributed by atoms with van der Waals surface area (Å²) in [6.07, 6.45) is 0. The van der Waals surface area contributed by atoms with Gasteiger partial charge in [0.05, 0.1) is 16.5 Å². The lowest BCUT2D eigenvalue weighted by atomic mass is 10.2. The number of carboxylic acids is 1. The Kier molecular flexibility index (Phi) is 5.68. The average molecular weight is 338 g/mol. The second-order valence-electron chi connectivity index (χ2n) is 4.36. The molecule has 2 N–H and O–H groups in total. The maximum absolute atomic E-state index is 13.7. The molecule has 1 unspecified atom stereocenters. The number of sulfone groups is 1. The number of aliphatic carboxylic acids is 1. The second kappa shape index (κ2) is 6.86. The van der Waals surface area contributed by atoms with Crippen LogP contribution in [0.1, 0.15) is 12.5 Å². The average Bonchev–Trinajstić information content (AvgIpc) is 2.33. The van der Waals surface area contributed by atoms with E-state index in [9.17, 15) is 22.4 Å². The van der Waals surface area contributed by atoms with Crippen molar-refractivity contribution in [1.82, 2.24) is 5.32 Å². The molecule has 1 atom stereocenters. The molecule has 9 heteroatoms. The number of hydrogen-bond acceptors (Lipinski definition) is 4. The van der Waals surface area contributed by atoms with Crippen molar-refractivity contribution >= 4 is 33.3 Å². The van der Waals surface area contributed by atoms with E-state index in [1.54, 1.807) is 0 Å². The summed E-state index contributed by atoms with van der Waals surface area (Å²) in [5, 5.41) is 10.7. The third-order valence-corrected chi connectivity index (χ3v) is 4.39. The van der Waals surface area contributed by atoms with Crippen molar-refractivity contribution in [1.29, 1.82) is 0 Å². The summed E-state index contributed by atoms with van der Waals surface area (Å²) in [7, 11) is -3.96. The highest BCUT2D eigenvalue weighted by molar-refractivity contribution is 7.90. The van der Waals surface area contributed by atoms with E-state index in [1.165, 1.54) is 18.2 Å². The van der Waals surface area contributed by atoms with Gasteiger partial charge in [-0.2, -0.15) is 0 Å². The van der Waals surface area contributed by atoms with E-state index in [-0.39, 0.29) is 10.6 Å². The first kappa shape index (κ1) is 17.4. The van der Waals surface area contributed by atoms with Gasteiger partial charge in [-0.05, 0) is 6.07 Å². The first-order chi connectivity index (χ1) is 9.62. The lowest BCUT2D eigenvalue weighted by molar-refractivity contribution is -0.140. The predicted octanol–water partition coefficient (Wildman–Crippen LogP) is 0.983. The summed E-state index contributed by atoms with van der Waals surface area (Å²) < 4.78 is 37.5. The number of rotatable bonds is 6. The van der Waals surface area contributed by atoms with Gasteiger partial charge in [-0.3, -0.25) is 4.79 Å². The monoisotopic (exact) mass is 337 g/mol. The van der Waals surface area contributed by atoms with Gasteiger partial charge < -0.3 is 10.4 Å². The third-order valence-electron chi connectivity index (χ3n) is 2.50. The lowest BCUT2D eigenvalue weighted by Gasteiger charge is -2.14. The molecule has 1 amide bonds. The molecule has 1 rings (SSSR count). The molecule has 0 radical (unpaired) electrons. The molecule has 0 aliphatic heterocycles. The Morgan fingerprint density at radius 1 is 1.43 bits per heavy atom. The molecule has 6 nitrogen and oxygen atoms in total. The third kappa shape index (κ3) is 5.31. The van der Waals surface area contributed by atoms with Gasteiger partial charge in [0.15, 0.2) is 9.84 Å². The number of halogens is 2. The van der Waals surface area contributed by atoms with Crippen LogP contribution in [-0.4, -0.2) is 37.2 Å². The molecule has 116 valence electrons. The molecular weight excluding hydrogens is 325 g/mol. The minimum atomic E-state index is -3.96. The molecule has 0 saturated heterocycles. The zero-order valence-corrected chi connectivity index (χ0v) is 12.5. The van der Waals surface area contributed by atoms with Crippen molar-refractivity contribution in [3.63, 3.8) is 0 Å². The molecule has 21 heavy (non-hydrogen) atoms. The minimum Gasteiger partial charge on any atom is -0.480 e. The quantitative estimate of drug-likeness (QED) is 0.806. The summed E-state index contributed by atoms with van der Waals surface area (Å²) in [6.45, 7) is 1.07. The first-order valence-corrected chi connectivity index (χ1v) is 7.95. The standard InChI is InChI=1S/C12H13ClFNO5S/c1-7(16)15-10(12(17)18)6-21(19,20)5-8-3-2-4-9(13)11(8)14/h2-4,10H,5-6H2,1H3,(H,15,16)(H,17,18). The summed E-state index contributed by atoms with van der Waals surface area (Å²) in [6, 6.07) is 2.31. The first-order valence-electron chi connectivity index (χ1n) is 5.75. The van der Waals surface area contributed by atoms with Crippen LogP contribution in [0.5, 0.6) is 0 Å². The Morgan fingerprint density at radius 3 is 2.57 bits per heavy atom. The van der Waals surface area contributed by atoms with Crippen molar-refractivity contribution in [3.8, 4) is 0 Å². The van der Waals surface area contributed by atoms with Gasteiger partial charge in [-0.15, -0.1) is 0 Å². The fraction of sp³-hybridized carbons (Fsp3) is 0.333. The number of nitrogens with one attached hydrogen (secondary N) is 1. The molecule has 1 aromatic carbocycles. The Hall–Kier alpha value is -1.67. The fourth-order valence-electron chi connectivity index (χ4n) is 1.63. The van der Waals surface area contributed by atoms with Crippen LogP contribution in [0.4, 0.5) is 4.39 Å². The van der Waals surface area contributed by atoms with Crippen LogP contribution in [0.25, 0.3) is 0 Å². The number of carboxylic acid groups (broad SMARTS) is 1. The van der Waals surface area contributed by atoms with Crippen molar-refractivity contribution < 1.29 is 27.5 Å². The molecule has 0 aliphatic carbocycles. The van der Waals surface area contributed by atoms with Gasteiger partial charge in [0.2, 0.25) is 5.91 Å². The minimum absolute atomic E-state index is 0.158. The maximum Gasteiger partial charge on any atom is 0.327 e. The van der Waals surface area contributed by atoms with E-state index in [4.69, 9.17) is 16.7 Å². The number of carbonyl (C=O) groups is 2. The van der Waals surface area contributed by atoms with Gasteiger partial charge >= 0.3 is 5.97 Å². The number of amides is 1. The predicted molar refractivity (Wildman–Crippen MR) is 74.1 cm³/mol. The van der Waals surface area contributed by atoms with Crippen LogP contribution in [-0.2, 0) is 25.2 Å². The molecular formula is C12H13ClFNO5S. The number of benzene rings is 1. The summed E-state index contributed by atoms with van der Waals surface area (Å²) in [5.41, 5.74) is -0.158. The lowest BCUT2D eigenvalue weighted by Crippen LogP contribution is -2.44. The fourth-order valence-corrected chi connectivity index (χ4v) is 3.37. The molecule has 0 spiro atoms. The highest BCUT2D eigenvalue weighted by Crippen LogP contribution is 2.20. The molecule has 0 bridgehead atoms. The normalized spacial score (nSPS) is 12.7. The van der Waals surface area contributed by atoms with Crippen LogP contribution >= 0.6 is 11.6 Å². The van der Waals surface area contributed by atoms with Gasteiger partial charge in [0, 0.05) is 12.5 Å². The molecule has 0 heterocycles. The second-order valence-corrected chi connectivity index (χ2v) is 6.88. The van der Waals surface area contributed by atoms with Crippen LogP contribution < -0.4 is 5.32 Å². The molecule has 0 fully saturated rings. The largest absolute Gasteiger partial charge is 0.480 e. The highest BCUT2D eigenvalue weighted by atomic mass is 35.5. The van der Waals surface area contributed by atoms with Gasteiger partial charge in [-0.1, -0.05) is 23.7 Å². The van der Waals surface area contributed by atoms with Crippen molar-refractivity contribution in [3.05, 3.63) is 34.6 Å². The number of carbonyl (C=O) groups excluding carboxylic acids is 1. The molecule has 0 aromatic heterocycles. The summed E-state index contributed by atoms with van der Waals surface area (Å²) in [5.74, 6) is -4.57. The van der Waals surface area contributed by atoms with E-state index in [1.807, 2.05) is 5.32 Å². The summed E-state index contributed by atoms with van der Waals surface area (Å²) in [4.78, 5) is 21.8. The van der Waals surface area contributed by atoms with E-state index in [0.717, 1.165) is 6.92 Å². The zero-order valence-electron chi connectivity index (χ0n) is 11.0. The van der Waals surface area contributed by atoms with Gasteiger partial charge in [0.1, 0.15) is 11.9 Å². The Balaban J connectivity index is 2.93. The van der Waals surface area contributed by atoms with Crippen LogP contribution in [0.3, 0.4) is 0 Å². The smallest absolute Gasteiger partial charge is 0.327 e. The van der Waals surface area contributed by atoms with Crippen molar-refractivity contribution in [2.75, 3.05) is 5.75 Å². The van der Waals surface area contributed by atoms with E-state index in [2.05, 4.69) is 0 Å². The number of hydrogen-bond donors (Lipinski definition) is 2. The SMILES string of the molecule is CC(=O)NC(CS(=O)(=O)Cc1cccc(Cl)c1F)C(=O)O. The molecule has 1 aromatic rings. The maximum atomic E-state index is 13.7. The van der Waals surface area contributed by atoms with Crippen molar-refractivity contribution in [2.24, 2.45) is 0 Å². The topological polar surface area (TPSA) is 101 Å². The van der Waals surface area contributed by atoms with E-state index in [0.29, 0.717) is 0 Å². The molecule has 0 aliphatic rings. The van der Waals surface area contributed by atoms with Crippen LogP contribution in [0, 0.1) is 5.82 Å². The highest BCUT2D eigenvalue weighted by Gasteiger charge is 2.27. The van der Waals surface area contributed by atoms with E-state index < -0.39 is 45.1 Å². The van der Waals surface area contributed by atoms with Crippen LogP contribution in [0.2, 0.25) is 5.02 Å². The van der Waals surface area contributed by atoms with Crippen LogP contribution in [0.15, 0.2) is 18.2 Å².